The summed E-state index contributed by atoms with van der Waals surface area (Å²) in [6.07, 6.45) is 5.41. The molecule has 2 nitrogen and oxygen atoms in total. The highest BCUT2D eigenvalue weighted by Gasteiger charge is 2.24. The molecule has 0 saturated heterocycles. The molecule has 0 radical (unpaired) electrons. The van der Waals surface area contributed by atoms with Gasteiger partial charge in [0.1, 0.15) is 0 Å². The Kier molecular flexibility index (Phi) is 3.97. The highest BCUT2D eigenvalue weighted by atomic mass is 32.2. The molecule has 0 amide bonds. The largest absolute Gasteiger partial charge is 0.372 e. The average molecular weight is 335 g/mol. The van der Waals surface area contributed by atoms with E-state index in [9.17, 15) is 4.79 Å². The van der Waals surface area contributed by atoms with Crippen molar-refractivity contribution in [3.63, 3.8) is 0 Å². The van der Waals surface area contributed by atoms with Gasteiger partial charge in [-0.1, -0.05) is 36.0 Å². The maximum Gasteiger partial charge on any atom is 0.160 e. The minimum Gasteiger partial charge on any atom is -0.372 e. The SMILES string of the molecule is CCN(CC)c1cccc2ccc3c(c12)CC1=CCC(=O)C=C1S3. The first-order valence-electron chi connectivity index (χ1n) is 8.62. The average Bonchev–Trinajstić information content (AvgIpc) is 2.61. The van der Waals surface area contributed by atoms with E-state index >= 15 is 0 Å². The quantitative estimate of drug-likeness (QED) is 0.777. The van der Waals surface area contributed by atoms with Crippen molar-refractivity contribution in [1.29, 1.82) is 0 Å². The summed E-state index contributed by atoms with van der Waals surface area (Å²) in [4.78, 5) is 16.6. The molecule has 2 aliphatic rings. The Labute approximate surface area is 147 Å². The lowest BCUT2D eigenvalue weighted by Gasteiger charge is -2.28. The van der Waals surface area contributed by atoms with Gasteiger partial charge >= 0.3 is 0 Å². The van der Waals surface area contributed by atoms with Gasteiger partial charge < -0.3 is 4.90 Å². The van der Waals surface area contributed by atoms with Crippen molar-refractivity contribution in [3.8, 4) is 0 Å². The van der Waals surface area contributed by atoms with Gasteiger partial charge in [-0.2, -0.15) is 0 Å². The Bertz CT molecular complexity index is 890. The monoisotopic (exact) mass is 335 g/mol. The number of thioether (sulfide) groups is 1. The molecule has 1 aliphatic heterocycles. The fourth-order valence-corrected chi connectivity index (χ4v) is 4.85. The molecule has 2 aromatic carbocycles. The molecule has 1 aliphatic carbocycles. The summed E-state index contributed by atoms with van der Waals surface area (Å²) in [5.74, 6) is 0.217. The van der Waals surface area contributed by atoms with E-state index in [-0.39, 0.29) is 5.78 Å². The topological polar surface area (TPSA) is 20.3 Å². The van der Waals surface area contributed by atoms with Crippen LogP contribution in [0.5, 0.6) is 0 Å². The number of nitrogens with zero attached hydrogens (tertiary/aromatic N) is 1. The van der Waals surface area contributed by atoms with Gasteiger partial charge in [0, 0.05) is 46.8 Å². The van der Waals surface area contributed by atoms with Crippen LogP contribution in [0.2, 0.25) is 0 Å². The van der Waals surface area contributed by atoms with Crippen molar-refractivity contribution in [2.75, 3.05) is 18.0 Å². The van der Waals surface area contributed by atoms with E-state index in [1.54, 1.807) is 11.8 Å². The van der Waals surface area contributed by atoms with Gasteiger partial charge in [0.2, 0.25) is 0 Å². The van der Waals surface area contributed by atoms with Gasteiger partial charge in [0.15, 0.2) is 5.78 Å². The van der Waals surface area contributed by atoms with Crippen LogP contribution < -0.4 is 4.90 Å². The van der Waals surface area contributed by atoms with Crippen molar-refractivity contribution < 1.29 is 4.79 Å². The minimum atomic E-state index is 0.217. The molecule has 4 rings (SSSR count). The third-order valence-electron chi connectivity index (χ3n) is 4.94. The summed E-state index contributed by atoms with van der Waals surface area (Å²) >= 11 is 1.75. The lowest BCUT2D eigenvalue weighted by Crippen LogP contribution is -2.22. The van der Waals surface area contributed by atoms with Crippen molar-refractivity contribution in [3.05, 3.63) is 58.5 Å². The summed E-state index contributed by atoms with van der Waals surface area (Å²) in [6.45, 7) is 6.44. The van der Waals surface area contributed by atoms with Crippen LogP contribution >= 0.6 is 11.8 Å². The number of anilines is 1. The third kappa shape index (κ3) is 2.48. The smallest absolute Gasteiger partial charge is 0.160 e. The van der Waals surface area contributed by atoms with Crippen LogP contribution in [0.1, 0.15) is 25.8 Å². The Morgan fingerprint density at radius 1 is 1.12 bits per heavy atom. The molecule has 0 fully saturated rings. The van der Waals surface area contributed by atoms with Crippen molar-refractivity contribution in [2.24, 2.45) is 0 Å². The van der Waals surface area contributed by atoms with Crippen molar-refractivity contribution in [1.82, 2.24) is 0 Å². The lowest BCUT2D eigenvalue weighted by molar-refractivity contribution is -0.113. The molecule has 3 heteroatoms. The molecular formula is C21H21NOS. The zero-order chi connectivity index (χ0) is 16.7. The molecule has 0 aromatic heterocycles. The first-order chi connectivity index (χ1) is 11.7. The van der Waals surface area contributed by atoms with E-state index in [0.29, 0.717) is 6.42 Å². The number of ketones is 1. The van der Waals surface area contributed by atoms with Gasteiger partial charge in [-0.05, 0) is 48.6 Å². The molecule has 0 saturated carbocycles. The maximum atomic E-state index is 11.7. The molecule has 2 aromatic rings. The number of carbonyl (C=O) groups excluding carboxylic acids is 1. The summed E-state index contributed by atoms with van der Waals surface area (Å²) < 4.78 is 0. The molecular weight excluding hydrogens is 314 g/mol. The molecule has 0 N–H and O–H groups in total. The van der Waals surface area contributed by atoms with Gasteiger partial charge in [0.25, 0.3) is 0 Å². The normalized spacial score (nSPS) is 16.3. The third-order valence-corrected chi connectivity index (χ3v) is 6.14. The lowest BCUT2D eigenvalue weighted by atomic mass is 9.93. The standard InChI is InChI=1S/C21H21NOS/c1-3-22(4-2)18-7-5-6-14-9-11-19-17(21(14)18)12-15-8-10-16(23)13-20(15)24-19/h5-9,11,13H,3-4,10,12H2,1-2H3. The van der Waals surface area contributed by atoms with E-state index in [1.165, 1.54) is 32.5 Å². The zero-order valence-corrected chi connectivity index (χ0v) is 15.0. The van der Waals surface area contributed by atoms with Crippen LogP contribution in [0.25, 0.3) is 10.8 Å². The van der Waals surface area contributed by atoms with E-state index in [1.807, 2.05) is 6.08 Å². The van der Waals surface area contributed by atoms with Crippen molar-refractivity contribution >= 4 is 34.0 Å². The predicted octanol–water partition coefficient (Wildman–Crippen LogP) is 5.12. The first-order valence-corrected chi connectivity index (χ1v) is 9.44. The minimum absolute atomic E-state index is 0.217. The van der Waals surface area contributed by atoms with E-state index < -0.39 is 0 Å². The number of rotatable bonds is 3. The molecule has 0 atom stereocenters. The van der Waals surface area contributed by atoms with Crippen LogP contribution in [0.3, 0.4) is 0 Å². The number of fused-ring (bicyclic) bond motifs is 4. The number of benzene rings is 2. The predicted molar refractivity (Wildman–Crippen MR) is 103 cm³/mol. The second-order valence-electron chi connectivity index (χ2n) is 6.28. The first kappa shape index (κ1) is 15.5. The van der Waals surface area contributed by atoms with Gasteiger partial charge in [-0.25, -0.2) is 0 Å². The van der Waals surface area contributed by atoms with Crippen LogP contribution in [0.4, 0.5) is 5.69 Å². The van der Waals surface area contributed by atoms with Crippen LogP contribution in [0.15, 0.2) is 57.9 Å². The molecule has 24 heavy (non-hydrogen) atoms. The molecule has 122 valence electrons. The molecule has 0 bridgehead atoms. The van der Waals surface area contributed by atoms with Gasteiger partial charge in [0.05, 0.1) is 0 Å². The van der Waals surface area contributed by atoms with Crippen LogP contribution in [-0.2, 0) is 11.2 Å². The Hall–Kier alpha value is -2.00. The molecule has 0 unspecified atom stereocenters. The highest BCUT2D eigenvalue weighted by Crippen LogP contribution is 2.46. The van der Waals surface area contributed by atoms with E-state index in [4.69, 9.17) is 0 Å². The molecule has 0 spiro atoms. The second kappa shape index (κ2) is 6.14. The number of allylic oxidation sites excluding steroid dienone is 3. The number of hydrogen-bond acceptors (Lipinski definition) is 3. The Morgan fingerprint density at radius 2 is 1.96 bits per heavy atom. The zero-order valence-electron chi connectivity index (χ0n) is 14.1. The Balaban J connectivity index is 1.93. The van der Waals surface area contributed by atoms with Crippen LogP contribution in [0, 0.1) is 0 Å². The number of carbonyl (C=O) groups is 1. The summed E-state index contributed by atoms with van der Waals surface area (Å²) in [7, 11) is 0. The van der Waals surface area contributed by atoms with E-state index in [2.05, 4.69) is 55.2 Å². The fraction of sp³-hybridized carbons (Fsp3) is 0.286. The highest BCUT2D eigenvalue weighted by molar-refractivity contribution is 8.03. The van der Waals surface area contributed by atoms with Gasteiger partial charge in [-0.15, -0.1) is 0 Å². The number of hydrogen-bond donors (Lipinski definition) is 0. The van der Waals surface area contributed by atoms with Crippen LogP contribution in [-0.4, -0.2) is 18.9 Å². The fourth-order valence-electron chi connectivity index (χ4n) is 3.70. The Morgan fingerprint density at radius 3 is 2.75 bits per heavy atom. The second-order valence-corrected chi connectivity index (χ2v) is 7.36. The molecule has 1 heterocycles. The summed E-state index contributed by atoms with van der Waals surface area (Å²) in [6, 6.07) is 11.0. The summed E-state index contributed by atoms with van der Waals surface area (Å²) in [5, 5.41) is 2.68. The summed E-state index contributed by atoms with van der Waals surface area (Å²) in [5.41, 5.74) is 4.06. The van der Waals surface area contributed by atoms with Gasteiger partial charge in [-0.3, -0.25) is 4.79 Å². The van der Waals surface area contributed by atoms with E-state index in [0.717, 1.165) is 24.4 Å². The maximum absolute atomic E-state index is 11.7. The van der Waals surface area contributed by atoms with Crippen molar-refractivity contribution in [2.45, 2.75) is 31.6 Å².